The van der Waals surface area contributed by atoms with Crippen LogP contribution in [0.2, 0.25) is 0 Å². The van der Waals surface area contributed by atoms with E-state index in [0.29, 0.717) is 12.0 Å². The number of rotatable bonds is 6. The van der Waals surface area contributed by atoms with Gasteiger partial charge in [0, 0.05) is 48.0 Å². The molecule has 38 heavy (non-hydrogen) atoms. The lowest BCUT2D eigenvalue weighted by Gasteiger charge is -2.41. The maximum absolute atomic E-state index is 4.96. The number of nitrogens with zero attached hydrogens (tertiary/aromatic N) is 4. The lowest BCUT2D eigenvalue weighted by atomic mass is 9.72. The molecule has 1 saturated heterocycles. The largest absolute Gasteiger partial charge is 0.325 e. The van der Waals surface area contributed by atoms with Gasteiger partial charge in [-0.05, 0) is 80.3 Å². The Hall–Kier alpha value is -2.76. The second-order valence-corrected chi connectivity index (χ2v) is 12.3. The number of aryl methyl sites for hydroxylation is 1. The number of nitrogens with one attached hydrogen (secondary N) is 1. The first-order chi connectivity index (χ1) is 18.7. The van der Waals surface area contributed by atoms with Crippen molar-refractivity contribution < 1.29 is 0 Å². The van der Waals surface area contributed by atoms with Gasteiger partial charge in [-0.1, -0.05) is 62.2 Å². The highest BCUT2D eigenvalue weighted by Gasteiger charge is 2.47. The second-order valence-electron chi connectivity index (χ2n) is 12.3. The number of likely N-dealkylation sites (tertiary alicyclic amines) is 1. The van der Waals surface area contributed by atoms with Gasteiger partial charge in [-0.2, -0.15) is 0 Å². The van der Waals surface area contributed by atoms with Crippen LogP contribution in [0.25, 0.3) is 0 Å². The maximum atomic E-state index is 4.96. The fourth-order valence-electron chi connectivity index (χ4n) is 7.84. The minimum absolute atomic E-state index is 0.177. The topological polar surface area (TPSA) is 44.3 Å². The molecular formula is C33H41N5. The molecule has 1 aromatic heterocycles. The van der Waals surface area contributed by atoms with Crippen molar-refractivity contribution in [2.45, 2.75) is 88.8 Å². The first-order valence-electron chi connectivity index (χ1n) is 14.9. The van der Waals surface area contributed by atoms with E-state index < -0.39 is 0 Å². The van der Waals surface area contributed by atoms with Gasteiger partial charge in [0.1, 0.15) is 12.1 Å². The number of anilines is 2. The highest BCUT2D eigenvalue weighted by molar-refractivity contribution is 5.75. The van der Waals surface area contributed by atoms with E-state index in [4.69, 9.17) is 4.98 Å². The number of aromatic nitrogens is 2. The van der Waals surface area contributed by atoms with Crippen molar-refractivity contribution in [3.8, 4) is 0 Å². The third-order valence-corrected chi connectivity index (χ3v) is 9.92. The summed E-state index contributed by atoms with van der Waals surface area (Å²) in [7, 11) is 0. The molecule has 0 amide bonds. The quantitative estimate of drug-likeness (QED) is 0.428. The molecule has 1 saturated carbocycles. The summed E-state index contributed by atoms with van der Waals surface area (Å²) in [5.41, 5.74) is 8.76. The average Bonchev–Trinajstić information content (AvgIpc) is 3.69. The predicted molar refractivity (Wildman–Crippen MR) is 154 cm³/mol. The zero-order chi connectivity index (χ0) is 25.5. The molecule has 0 bridgehead atoms. The average molecular weight is 508 g/mol. The van der Waals surface area contributed by atoms with Gasteiger partial charge in [-0.15, -0.1) is 0 Å². The Morgan fingerprint density at radius 1 is 0.947 bits per heavy atom. The molecule has 2 aromatic carbocycles. The zero-order valence-corrected chi connectivity index (χ0v) is 22.8. The van der Waals surface area contributed by atoms with E-state index in [2.05, 4.69) is 75.6 Å². The van der Waals surface area contributed by atoms with Gasteiger partial charge in [-0.3, -0.25) is 4.90 Å². The van der Waals surface area contributed by atoms with Gasteiger partial charge in [-0.25, -0.2) is 9.97 Å². The maximum Gasteiger partial charge on any atom is 0.140 e. The SMILES string of the molecule is CC1CCc2ncnc(N3CC4(CCN(Cc5ccccc5)CC4)c4c(CNC5CCCC5)cccc43)c21. The van der Waals surface area contributed by atoms with Crippen LogP contribution >= 0.6 is 0 Å². The van der Waals surface area contributed by atoms with Crippen LogP contribution in [0.1, 0.15) is 85.7 Å². The first-order valence-corrected chi connectivity index (χ1v) is 14.9. The first kappa shape index (κ1) is 24.3. The standard InChI is InChI=1S/C33H41N5/c1-24-14-15-28-30(24)32(36-23-35-28)38-22-33(16-18-37(19-17-33)21-25-8-3-2-4-9-25)31-26(10-7-13-29(31)38)20-34-27-11-5-6-12-27/h2-4,7-10,13,23-24,27,34H,5-6,11-12,14-22H2,1H3. The molecule has 5 nitrogen and oxygen atoms in total. The Bertz CT molecular complexity index is 1270. The lowest BCUT2D eigenvalue weighted by molar-refractivity contribution is 0.160. The molecule has 3 heterocycles. The molecule has 2 aliphatic heterocycles. The third kappa shape index (κ3) is 4.34. The molecule has 5 heteroatoms. The molecule has 2 aliphatic carbocycles. The molecule has 1 spiro atoms. The molecule has 1 atom stereocenters. The van der Waals surface area contributed by atoms with Gasteiger partial charge < -0.3 is 10.2 Å². The number of benzene rings is 2. The van der Waals surface area contributed by atoms with Crippen molar-refractivity contribution in [3.63, 3.8) is 0 Å². The molecule has 3 aromatic rings. The van der Waals surface area contributed by atoms with Crippen molar-refractivity contribution in [3.05, 3.63) is 82.8 Å². The minimum Gasteiger partial charge on any atom is -0.325 e. The van der Waals surface area contributed by atoms with E-state index in [1.807, 2.05) is 6.33 Å². The monoisotopic (exact) mass is 507 g/mol. The second kappa shape index (κ2) is 10.1. The van der Waals surface area contributed by atoms with Crippen LogP contribution in [0.3, 0.4) is 0 Å². The van der Waals surface area contributed by atoms with Crippen LogP contribution < -0.4 is 10.2 Å². The normalized spacial score (nSPS) is 22.8. The van der Waals surface area contributed by atoms with E-state index in [9.17, 15) is 0 Å². The Kier molecular flexibility index (Phi) is 6.45. The van der Waals surface area contributed by atoms with Crippen LogP contribution in [-0.4, -0.2) is 40.5 Å². The third-order valence-electron chi connectivity index (χ3n) is 9.92. The highest BCUT2D eigenvalue weighted by Crippen LogP contribution is 2.52. The van der Waals surface area contributed by atoms with Crippen LogP contribution in [0.4, 0.5) is 11.5 Å². The van der Waals surface area contributed by atoms with Gasteiger partial charge in [0.2, 0.25) is 0 Å². The molecule has 4 aliphatic rings. The Labute approximate surface area is 227 Å². The summed E-state index contributed by atoms with van der Waals surface area (Å²) >= 11 is 0. The molecule has 2 fully saturated rings. The summed E-state index contributed by atoms with van der Waals surface area (Å²) in [6, 6.07) is 18.7. The molecular weight excluding hydrogens is 466 g/mol. The summed E-state index contributed by atoms with van der Waals surface area (Å²) in [5.74, 6) is 1.70. The summed E-state index contributed by atoms with van der Waals surface area (Å²) < 4.78 is 0. The Morgan fingerprint density at radius 2 is 1.76 bits per heavy atom. The predicted octanol–water partition coefficient (Wildman–Crippen LogP) is 6.24. The van der Waals surface area contributed by atoms with E-state index in [-0.39, 0.29) is 5.41 Å². The van der Waals surface area contributed by atoms with E-state index in [0.717, 1.165) is 39.1 Å². The Morgan fingerprint density at radius 3 is 2.58 bits per heavy atom. The van der Waals surface area contributed by atoms with Crippen molar-refractivity contribution in [2.75, 3.05) is 24.5 Å². The summed E-state index contributed by atoms with van der Waals surface area (Å²) in [4.78, 5) is 14.9. The van der Waals surface area contributed by atoms with Gasteiger partial charge in [0.25, 0.3) is 0 Å². The van der Waals surface area contributed by atoms with Crippen LogP contribution in [0.15, 0.2) is 54.9 Å². The number of piperidine rings is 1. The van der Waals surface area contributed by atoms with E-state index in [1.54, 1.807) is 5.56 Å². The van der Waals surface area contributed by atoms with Crippen molar-refractivity contribution in [2.24, 2.45) is 0 Å². The molecule has 198 valence electrons. The fraction of sp³-hybridized carbons (Fsp3) is 0.515. The molecule has 1 unspecified atom stereocenters. The summed E-state index contributed by atoms with van der Waals surface area (Å²) in [5, 5.41) is 3.94. The van der Waals surface area contributed by atoms with E-state index >= 15 is 0 Å². The van der Waals surface area contributed by atoms with Gasteiger partial charge in [0.05, 0.1) is 0 Å². The van der Waals surface area contributed by atoms with Gasteiger partial charge >= 0.3 is 0 Å². The highest BCUT2D eigenvalue weighted by atomic mass is 15.2. The fourth-order valence-corrected chi connectivity index (χ4v) is 7.84. The van der Waals surface area contributed by atoms with Crippen LogP contribution in [-0.2, 0) is 24.9 Å². The summed E-state index contributed by atoms with van der Waals surface area (Å²) in [6.07, 6.45) is 11.9. The number of fused-ring (bicyclic) bond motifs is 3. The summed E-state index contributed by atoms with van der Waals surface area (Å²) in [6.45, 7) is 7.72. The Balaban J connectivity index is 1.22. The number of hydrogen-bond donors (Lipinski definition) is 1. The van der Waals surface area contributed by atoms with Gasteiger partial charge in [0.15, 0.2) is 0 Å². The number of hydrogen-bond acceptors (Lipinski definition) is 5. The molecule has 1 N–H and O–H groups in total. The smallest absolute Gasteiger partial charge is 0.140 e. The van der Waals surface area contributed by atoms with Crippen molar-refractivity contribution in [1.82, 2.24) is 20.2 Å². The zero-order valence-electron chi connectivity index (χ0n) is 22.8. The molecule has 0 radical (unpaired) electrons. The van der Waals surface area contributed by atoms with Crippen LogP contribution in [0.5, 0.6) is 0 Å². The minimum atomic E-state index is 0.177. The van der Waals surface area contributed by atoms with E-state index in [1.165, 1.54) is 78.8 Å². The molecule has 7 rings (SSSR count). The lowest BCUT2D eigenvalue weighted by Crippen LogP contribution is -2.45. The van der Waals surface area contributed by atoms with Crippen LogP contribution in [0, 0.1) is 0 Å². The van der Waals surface area contributed by atoms with Crippen molar-refractivity contribution in [1.29, 1.82) is 0 Å². The van der Waals surface area contributed by atoms with Crippen molar-refractivity contribution >= 4 is 11.5 Å².